The van der Waals surface area contributed by atoms with Crippen molar-refractivity contribution in [1.82, 2.24) is 4.98 Å². The van der Waals surface area contributed by atoms with Gasteiger partial charge in [0.1, 0.15) is 10.6 Å². The smallest absolute Gasteiger partial charge is 0.124 e. The van der Waals surface area contributed by atoms with Gasteiger partial charge in [-0.25, -0.2) is 4.98 Å². The van der Waals surface area contributed by atoms with Gasteiger partial charge < -0.3 is 5.11 Å². The highest BCUT2D eigenvalue weighted by Crippen LogP contribution is 2.39. The third-order valence-corrected chi connectivity index (χ3v) is 5.58. The number of aromatic nitrogens is 1. The fourth-order valence-electron chi connectivity index (χ4n) is 3.15. The third-order valence-electron chi connectivity index (χ3n) is 4.40. The van der Waals surface area contributed by atoms with Crippen molar-refractivity contribution in [1.29, 1.82) is 0 Å². The molecule has 2 rings (SSSR count). The number of hydrogen-bond acceptors (Lipinski definition) is 3. The fraction of sp³-hybridized carbons (Fsp3) is 0.812. The first-order valence-electron chi connectivity index (χ1n) is 7.58. The van der Waals surface area contributed by atoms with Crippen molar-refractivity contribution in [2.75, 3.05) is 0 Å². The zero-order valence-corrected chi connectivity index (χ0v) is 13.5. The summed E-state index contributed by atoms with van der Waals surface area (Å²) < 4.78 is 0. The molecule has 0 aromatic carbocycles. The van der Waals surface area contributed by atoms with Crippen molar-refractivity contribution in [2.45, 2.75) is 71.3 Å². The van der Waals surface area contributed by atoms with Crippen molar-refractivity contribution in [2.24, 2.45) is 11.8 Å². The molecule has 19 heavy (non-hydrogen) atoms. The molecule has 0 bridgehead atoms. The Hall–Kier alpha value is -0.410. The Bertz CT molecular complexity index is 407. The Labute approximate surface area is 121 Å². The zero-order valence-electron chi connectivity index (χ0n) is 12.6. The fourth-order valence-corrected chi connectivity index (χ4v) is 4.07. The first kappa shape index (κ1) is 15.0. The van der Waals surface area contributed by atoms with E-state index < -0.39 is 5.60 Å². The predicted octanol–water partition coefficient (Wildman–Crippen LogP) is 4.69. The molecule has 1 aliphatic carbocycles. The highest BCUT2D eigenvalue weighted by molar-refractivity contribution is 7.09. The van der Waals surface area contributed by atoms with Gasteiger partial charge in [-0.2, -0.15) is 0 Å². The second kappa shape index (κ2) is 5.92. The molecular formula is C16H27NOS. The maximum atomic E-state index is 10.0. The Balaban J connectivity index is 2.14. The second-order valence-corrected chi connectivity index (χ2v) is 7.62. The lowest BCUT2D eigenvalue weighted by atomic mass is 9.89. The van der Waals surface area contributed by atoms with Gasteiger partial charge in [-0.15, -0.1) is 11.3 Å². The molecule has 108 valence electrons. The summed E-state index contributed by atoms with van der Waals surface area (Å²) in [5.41, 5.74) is 0.417. The number of aliphatic hydroxyl groups is 1. The van der Waals surface area contributed by atoms with Gasteiger partial charge in [0.05, 0.1) is 5.69 Å². The maximum Gasteiger partial charge on any atom is 0.124 e. The van der Waals surface area contributed by atoms with Crippen molar-refractivity contribution in [3.63, 3.8) is 0 Å². The molecule has 1 saturated carbocycles. The highest BCUT2D eigenvalue weighted by atomic mass is 32.1. The van der Waals surface area contributed by atoms with Crippen LogP contribution in [0, 0.1) is 11.8 Å². The highest BCUT2D eigenvalue weighted by Gasteiger charge is 2.27. The molecule has 1 aromatic rings. The van der Waals surface area contributed by atoms with E-state index in [4.69, 9.17) is 4.98 Å². The van der Waals surface area contributed by atoms with Crippen LogP contribution in [0.5, 0.6) is 0 Å². The number of thiazole rings is 1. The molecule has 0 saturated heterocycles. The number of rotatable bonds is 3. The van der Waals surface area contributed by atoms with Crippen LogP contribution < -0.4 is 0 Å². The molecule has 1 N–H and O–H groups in total. The number of nitrogens with zero attached hydrogens (tertiary/aromatic N) is 1. The van der Waals surface area contributed by atoms with Gasteiger partial charge in [0.15, 0.2) is 0 Å². The summed E-state index contributed by atoms with van der Waals surface area (Å²) in [5, 5.41) is 13.1. The summed E-state index contributed by atoms with van der Waals surface area (Å²) >= 11 is 1.61. The van der Waals surface area contributed by atoms with Gasteiger partial charge in [0.25, 0.3) is 0 Å². The van der Waals surface area contributed by atoms with E-state index in [0.717, 1.165) is 16.8 Å². The molecule has 3 atom stereocenters. The molecule has 1 aromatic heterocycles. The van der Waals surface area contributed by atoms with Crippen LogP contribution in [0.2, 0.25) is 0 Å². The summed E-state index contributed by atoms with van der Waals surface area (Å²) in [5.74, 6) is 2.29. The van der Waals surface area contributed by atoms with Crippen LogP contribution in [0.15, 0.2) is 5.38 Å². The van der Waals surface area contributed by atoms with Crippen molar-refractivity contribution < 1.29 is 5.11 Å². The number of hydrogen-bond donors (Lipinski definition) is 1. The first-order chi connectivity index (χ1) is 8.90. The van der Waals surface area contributed by atoms with E-state index >= 15 is 0 Å². The van der Waals surface area contributed by atoms with E-state index in [1.165, 1.54) is 37.8 Å². The Kier molecular flexibility index (Phi) is 4.67. The molecule has 0 aliphatic heterocycles. The Morgan fingerprint density at radius 1 is 1.37 bits per heavy atom. The van der Waals surface area contributed by atoms with Crippen LogP contribution in [-0.2, 0) is 5.60 Å². The van der Waals surface area contributed by atoms with Crippen molar-refractivity contribution in [3.8, 4) is 0 Å². The predicted molar refractivity (Wildman–Crippen MR) is 81.5 cm³/mol. The average Bonchev–Trinajstić information content (AvgIpc) is 2.75. The van der Waals surface area contributed by atoms with Crippen LogP contribution >= 0.6 is 11.3 Å². The summed E-state index contributed by atoms with van der Waals surface area (Å²) in [6.45, 7) is 8.33. The first-order valence-corrected chi connectivity index (χ1v) is 8.46. The lowest BCUT2D eigenvalue weighted by molar-refractivity contribution is 0.0780. The normalized spacial score (nSPS) is 29.2. The quantitative estimate of drug-likeness (QED) is 0.815. The molecule has 1 fully saturated rings. The summed E-state index contributed by atoms with van der Waals surface area (Å²) in [6, 6.07) is 0. The van der Waals surface area contributed by atoms with Crippen LogP contribution in [0.1, 0.15) is 76.4 Å². The SMILES string of the molecule is CCC1CC(C)CCC(c2csc(C(C)(C)O)n2)C1. The van der Waals surface area contributed by atoms with Gasteiger partial charge >= 0.3 is 0 Å². The van der Waals surface area contributed by atoms with E-state index in [9.17, 15) is 5.11 Å². The molecule has 2 nitrogen and oxygen atoms in total. The van der Waals surface area contributed by atoms with Gasteiger partial charge in [-0.05, 0) is 44.9 Å². The molecule has 0 spiro atoms. The minimum absolute atomic E-state index is 0.599. The van der Waals surface area contributed by atoms with E-state index in [-0.39, 0.29) is 0 Å². The van der Waals surface area contributed by atoms with Crippen molar-refractivity contribution >= 4 is 11.3 Å². The molecular weight excluding hydrogens is 254 g/mol. The Morgan fingerprint density at radius 3 is 2.68 bits per heavy atom. The maximum absolute atomic E-state index is 10.0. The standard InChI is InChI=1S/C16H27NOS/c1-5-12-8-11(2)6-7-13(9-12)14-10-19-15(17-14)16(3,4)18/h10-13,18H,5-9H2,1-4H3. The van der Waals surface area contributed by atoms with E-state index in [0.29, 0.717) is 5.92 Å². The minimum Gasteiger partial charge on any atom is -0.383 e. The van der Waals surface area contributed by atoms with Gasteiger partial charge in [0.2, 0.25) is 0 Å². The van der Waals surface area contributed by atoms with Gasteiger partial charge in [-0.3, -0.25) is 0 Å². The lowest BCUT2D eigenvalue weighted by Crippen LogP contribution is -2.15. The molecule has 0 radical (unpaired) electrons. The van der Waals surface area contributed by atoms with Crippen LogP contribution in [0.25, 0.3) is 0 Å². The molecule has 0 amide bonds. The largest absolute Gasteiger partial charge is 0.383 e. The van der Waals surface area contributed by atoms with Crippen LogP contribution in [0.3, 0.4) is 0 Å². The van der Waals surface area contributed by atoms with Crippen molar-refractivity contribution in [3.05, 3.63) is 16.1 Å². The van der Waals surface area contributed by atoms with E-state index in [2.05, 4.69) is 19.2 Å². The van der Waals surface area contributed by atoms with Crippen LogP contribution in [0.4, 0.5) is 0 Å². The molecule has 1 heterocycles. The Morgan fingerprint density at radius 2 is 2.11 bits per heavy atom. The summed E-state index contributed by atoms with van der Waals surface area (Å²) in [4.78, 5) is 4.71. The third kappa shape index (κ3) is 3.79. The monoisotopic (exact) mass is 281 g/mol. The molecule has 3 heteroatoms. The van der Waals surface area contributed by atoms with Crippen LogP contribution in [-0.4, -0.2) is 10.1 Å². The second-order valence-electron chi connectivity index (χ2n) is 6.76. The van der Waals surface area contributed by atoms with E-state index in [1.807, 2.05) is 13.8 Å². The van der Waals surface area contributed by atoms with Gasteiger partial charge in [0, 0.05) is 11.3 Å². The molecule has 1 aliphatic rings. The van der Waals surface area contributed by atoms with E-state index in [1.54, 1.807) is 11.3 Å². The molecule has 3 unspecified atom stereocenters. The van der Waals surface area contributed by atoms with Gasteiger partial charge in [-0.1, -0.05) is 26.7 Å². The average molecular weight is 281 g/mol. The summed E-state index contributed by atoms with van der Waals surface area (Å²) in [6.07, 6.45) is 6.50. The zero-order chi connectivity index (χ0) is 14.0. The topological polar surface area (TPSA) is 33.1 Å². The lowest BCUT2D eigenvalue weighted by Gasteiger charge is -2.18. The summed E-state index contributed by atoms with van der Waals surface area (Å²) in [7, 11) is 0. The minimum atomic E-state index is -0.801.